The summed E-state index contributed by atoms with van der Waals surface area (Å²) in [5.41, 5.74) is 0.415. The monoisotopic (exact) mass is 235 g/mol. The van der Waals surface area contributed by atoms with Crippen LogP contribution >= 0.6 is 0 Å². The molecule has 0 aliphatic rings. The molecule has 0 aliphatic carbocycles. The molecule has 2 heterocycles. The van der Waals surface area contributed by atoms with Crippen molar-refractivity contribution in [2.45, 2.75) is 20.4 Å². The van der Waals surface area contributed by atoms with Gasteiger partial charge in [0.15, 0.2) is 11.6 Å². The van der Waals surface area contributed by atoms with Crippen molar-refractivity contribution in [1.29, 1.82) is 0 Å². The number of nitrogens with one attached hydrogen (secondary N) is 1. The van der Waals surface area contributed by atoms with Crippen LogP contribution in [0.4, 0.5) is 10.3 Å². The quantitative estimate of drug-likeness (QED) is 0.879. The maximum atomic E-state index is 13.6. The molecule has 0 atom stereocenters. The van der Waals surface area contributed by atoms with Gasteiger partial charge in [0, 0.05) is 19.3 Å². The summed E-state index contributed by atoms with van der Waals surface area (Å²) in [7, 11) is 0. The van der Waals surface area contributed by atoms with Crippen LogP contribution in [0.5, 0.6) is 0 Å². The summed E-state index contributed by atoms with van der Waals surface area (Å²) in [6.45, 7) is 5.36. The number of anilines is 1. The molecule has 0 radical (unpaired) electrons. The van der Waals surface area contributed by atoms with E-state index in [2.05, 4.69) is 20.5 Å². The number of pyridine rings is 1. The van der Waals surface area contributed by atoms with Gasteiger partial charge in [0.1, 0.15) is 0 Å². The Morgan fingerprint density at radius 1 is 1.35 bits per heavy atom. The third kappa shape index (κ3) is 2.11. The zero-order chi connectivity index (χ0) is 12.3. The van der Waals surface area contributed by atoms with E-state index in [1.165, 1.54) is 6.20 Å². The SMILES string of the molecule is CCNc1nnc(-c2ccncc2F)n1CC. The smallest absolute Gasteiger partial charge is 0.224 e. The van der Waals surface area contributed by atoms with Crippen LogP contribution in [0.1, 0.15) is 13.8 Å². The van der Waals surface area contributed by atoms with E-state index in [9.17, 15) is 4.39 Å². The van der Waals surface area contributed by atoms with Gasteiger partial charge in [-0.05, 0) is 19.9 Å². The lowest BCUT2D eigenvalue weighted by molar-refractivity contribution is 0.621. The van der Waals surface area contributed by atoms with Crippen LogP contribution in [0.15, 0.2) is 18.5 Å². The summed E-state index contributed by atoms with van der Waals surface area (Å²) < 4.78 is 15.5. The molecule has 2 aromatic rings. The molecule has 1 N–H and O–H groups in total. The Labute approximate surface area is 98.7 Å². The Bertz CT molecular complexity index is 508. The Hall–Kier alpha value is -1.98. The van der Waals surface area contributed by atoms with Crippen molar-refractivity contribution in [2.75, 3.05) is 11.9 Å². The molecule has 0 bridgehead atoms. The summed E-state index contributed by atoms with van der Waals surface area (Å²) in [4.78, 5) is 3.72. The largest absolute Gasteiger partial charge is 0.355 e. The van der Waals surface area contributed by atoms with Gasteiger partial charge in [0.2, 0.25) is 5.95 Å². The van der Waals surface area contributed by atoms with E-state index in [0.717, 1.165) is 6.54 Å². The Balaban J connectivity index is 2.49. The van der Waals surface area contributed by atoms with Crippen molar-refractivity contribution >= 4 is 5.95 Å². The molecule has 0 saturated carbocycles. The summed E-state index contributed by atoms with van der Waals surface area (Å²) >= 11 is 0. The molecule has 0 unspecified atom stereocenters. The molecular formula is C11H14FN5. The van der Waals surface area contributed by atoms with Gasteiger partial charge in [-0.3, -0.25) is 9.55 Å². The topological polar surface area (TPSA) is 55.6 Å². The van der Waals surface area contributed by atoms with Gasteiger partial charge in [0.05, 0.1) is 11.8 Å². The molecule has 2 aromatic heterocycles. The summed E-state index contributed by atoms with van der Waals surface area (Å²) in [5, 5.41) is 11.1. The van der Waals surface area contributed by atoms with E-state index in [1.54, 1.807) is 12.3 Å². The number of halogens is 1. The molecule has 0 aliphatic heterocycles. The van der Waals surface area contributed by atoms with Crippen molar-refractivity contribution < 1.29 is 4.39 Å². The standard InChI is InChI=1S/C11H14FN5/c1-3-14-11-16-15-10(17(11)4-2)8-5-6-13-7-9(8)12/h5-7H,3-4H2,1-2H3,(H,14,16). The van der Waals surface area contributed by atoms with Crippen LogP contribution < -0.4 is 5.32 Å². The van der Waals surface area contributed by atoms with E-state index >= 15 is 0 Å². The van der Waals surface area contributed by atoms with Crippen LogP contribution in [-0.4, -0.2) is 26.3 Å². The van der Waals surface area contributed by atoms with Gasteiger partial charge >= 0.3 is 0 Å². The molecule has 0 spiro atoms. The third-order valence-electron chi connectivity index (χ3n) is 2.42. The minimum atomic E-state index is -0.391. The average Bonchev–Trinajstić information content (AvgIpc) is 2.73. The van der Waals surface area contributed by atoms with Crippen molar-refractivity contribution in [2.24, 2.45) is 0 Å². The van der Waals surface area contributed by atoms with Gasteiger partial charge < -0.3 is 5.32 Å². The fraction of sp³-hybridized carbons (Fsp3) is 0.364. The molecule has 6 heteroatoms. The predicted octanol–water partition coefficient (Wildman–Crippen LogP) is 1.93. The van der Waals surface area contributed by atoms with E-state index in [1.807, 2.05) is 18.4 Å². The highest BCUT2D eigenvalue weighted by molar-refractivity contribution is 5.57. The van der Waals surface area contributed by atoms with Crippen LogP contribution in [0.2, 0.25) is 0 Å². The maximum absolute atomic E-state index is 13.6. The fourth-order valence-corrected chi connectivity index (χ4v) is 1.65. The molecule has 2 rings (SSSR count). The van der Waals surface area contributed by atoms with Crippen LogP contribution in [0, 0.1) is 5.82 Å². The Morgan fingerprint density at radius 2 is 2.18 bits per heavy atom. The minimum Gasteiger partial charge on any atom is -0.355 e. The van der Waals surface area contributed by atoms with Gasteiger partial charge in [0.25, 0.3) is 0 Å². The van der Waals surface area contributed by atoms with E-state index in [4.69, 9.17) is 0 Å². The minimum absolute atomic E-state index is 0.391. The first-order valence-electron chi connectivity index (χ1n) is 5.54. The molecular weight excluding hydrogens is 221 g/mol. The van der Waals surface area contributed by atoms with Crippen molar-refractivity contribution in [3.63, 3.8) is 0 Å². The lowest BCUT2D eigenvalue weighted by Gasteiger charge is -2.08. The number of hydrogen-bond donors (Lipinski definition) is 1. The first-order chi connectivity index (χ1) is 8.27. The van der Waals surface area contributed by atoms with Gasteiger partial charge in [-0.1, -0.05) is 0 Å². The van der Waals surface area contributed by atoms with E-state index in [0.29, 0.717) is 23.9 Å². The fourth-order valence-electron chi connectivity index (χ4n) is 1.65. The number of hydrogen-bond acceptors (Lipinski definition) is 4. The summed E-state index contributed by atoms with van der Waals surface area (Å²) in [6.07, 6.45) is 2.72. The normalized spacial score (nSPS) is 10.5. The van der Waals surface area contributed by atoms with Gasteiger partial charge in [-0.2, -0.15) is 0 Å². The zero-order valence-corrected chi connectivity index (χ0v) is 9.81. The van der Waals surface area contributed by atoms with Gasteiger partial charge in [-0.25, -0.2) is 4.39 Å². The molecule has 17 heavy (non-hydrogen) atoms. The first kappa shape index (κ1) is 11.5. The molecule has 0 saturated heterocycles. The maximum Gasteiger partial charge on any atom is 0.224 e. The third-order valence-corrected chi connectivity index (χ3v) is 2.42. The van der Waals surface area contributed by atoms with Crippen molar-refractivity contribution in [3.05, 3.63) is 24.3 Å². The highest BCUT2D eigenvalue weighted by Crippen LogP contribution is 2.22. The number of rotatable bonds is 4. The average molecular weight is 235 g/mol. The highest BCUT2D eigenvalue weighted by Gasteiger charge is 2.15. The van der Waals surface area contributed by atoms with Gasteiger partial charge in [-0.15, -0.1) is 10.2 Å². The lowest BCUT2D eigenvalue weighted by Crippen LogP contribution is -2.07. The lowest BCUT2D eigenvalue weighted by atomic mass is 10.2. The molecule has 5 nitrogen and oxygen atoms in total. The highest BCUT2D eigenvalue weighted by atomic mass is 19.1. The zero-order valence-electron chi connectivity index (χ0n) is 9.81. The van der Waals surface area contributed by atoms with E-state index in [-0.39, 0.29) is 0 Å². The summed E-state index contributed by atoms with van der Waals surface area (Å²) in [5.74, 6) is 0.780. The Morgan fingerprint density at radius 3 is 2.82 bits per heavy atom. The predicted molar refractivity (Wildman–Crippen MR) is 63.0 cm³/mol. The van der Waals surface area contributed by atoms with Crippen molar-refractivity contribution in [3.8, 4) is 11.4 Å². The van der Waals surface area contributed by atoms with Crippen molar-refractivity contribution in [1.82, 2.24) is 19.7 Å². The van der Waals surface area contributed by atoms with Crippen LogP contribution in [0.3, 0.4) is 0 Å². The Kier molecular flexibility index (Phi) is 3.32. The molecule has 0 fully saturated rings. The number of nitrogens with zero attached hydrogens (tertiary/aromatic N) is 4. The van der Waals surface area contributed by atoms with Crippen LogP contribution in [0.25, 0.3) is 11.4 Å². The second-order valence-corrected chi connectivity index (χ2v) is 3.48. The van der Waals surface area contributed by atoms with E-state index < -0.39 is 5.82 Å². The second kappa shape index (κ2) is 4.90. The number of aromatic nitrogens is 4. The summed E-state index contributed by atoms with van der Waals surface area (Å²) in [6, 6.07) is 1.60. The molecule has 0 aromatic carbocycles. The molecule has 0 amide bonds. The molecule has 90 valence electrons. The van der Waals surface area contributed by atoms with Crippen LogP contribution in [-0.2, 0) is 6.54 Å². The second-order valence-electron chi connectivity index (χ2n) is 3.48. The first-order valence-corrected chi connectivity index (χ1v) is 5.54.